The van der Waals surface area contributed by atoms with Crippen molar-refractivity contribution in [2.24, 2.45) is 4.99 Å². The summed E-state index contributed by atoms with van der Waals surface area (Å²) in [4.78, 5) is 27.6. The van der Waals surface area contributed by atoms with E-state index in [1.807, 2.05) is 38.1 Å². The van der Waals surface area contributed by atoms with Gasteiger partial charge in [0.1, 0.15) is 0 Å². The van der Waals surface area contributed by atoms with Gasteiger partial charge in [0, 0.05) is 0 Å². The summed E-state index contributed by atoms with van der Waals surface area (Å²) >= 11 is 2.87. The van der Waals surface area contributed by atoms with Gasteiger partial charge in [0.05, 0.1) is 0 Å². The van der Waals surface area contributed by atoms with Crippen LogP contribution in [0.5, 0.6) is 0 Å². The van der Waals surface area contributed by atoms with Crippen LogP contribution in [-0.2, 0) is 0 Å². The van der Waals surface area contributed by atoms with Crippen LogP contribution in [0.3, 0.4) is 0 Å². The van der Waals surface area contributed by atoms with E-state index in [1.165, 1.54) is 12.1 Å². The summed E-state index contributed by atoms with van der Waals surface area (Å²) in [5.74, 6) is 0. The van der Waals surface area contributed by atoms with Gasteiger partial charge in [0.25, 0.3) is 0 Å². The number of hydrogen-bond donors (Lipinski definition) is 1. The van der Waals surface area contributed by atoms with Crippen LogP contribution in [0.25, 0.3) is 21.9 Å². The second kappa shape index (κ2) is 7.11. The van der Waals surface area contributed by atoms with Crippen LogP contribution >= 0.6 is 0 Å². The maximum absolute atomic E-state index is 11.6. The van der Waals surface area contributed by atoms with Gasteiger partial charge in [-0.2, -0.15) is 0 Å². The van der Waals surface area contributed by atoms with Gasteiger partial charge in [-0.3, -0.25) is 0 Å². The molecule has 0 aliphatic heterocycles. The van der Waals surface area contributed by atoms with Gasteiger partial charge in [-0.05, 0) is 0 Å². The molecule has 0 fully saturated rings. The molecule has 1 radical (unpaired) electrons. The van der Waals surface area contributed by atoms with Crippen molar-refractivity contribution >= 4 is 54.1 Å². The number of benzene rings is 2. The van der Waals surface area contributed by atoms with Gasteiger partial charge in [0.15, 0.2) is 0 Å². The Hall–Kier alpha value is -3.15. The van der Waals surface area contributed by atoms with Crippen molar-refractivity contribution in [3.8, 4) is 0 Å². The average molecular weight is 438 g/mol. The zero-order valence-electron chi connectivity index (χ0n) is 15.1. The van der Waals surface area contributed by atoms with Crippen molar-refractivity contribution in [2.75, 3.05) is 5.32 Å². The molecule has 7 heteroatoms. The standard InChI is InChI=1S/C21H15N2O4Se/c1-11-7-19(24)26-17-9-13(3-5-15(11)17)22-21(28)23-14-4-6-16-12(2)8-20(25)27-18(16)10-14/h3-10H,1-2H3,(H,22,23). The fourth-order valence-electron chi connectivity index (χ4n) is 3.05. The van der Waals surface area contributed by atoms with Gasteiger partial charge >= 0.3 is 168 Å². The third kappa shape index (κ3) is 3.63. The third-order valence-corrected chi connectivity index (χ3v) is 4.77. The van der Waals surface area contributed by atoms with Gasteiger partial charge in [-0.1, -0.05) is 0 Å². The van der Waals surface area contributed by atoms with Gasteiger partial charge in [-0.25, -0.2) is 0 Å². The summed E-state index contributed by atoms with van der Waals surface area (Å²) in [7, 11) is 0. The van der Waals surface area contributed by atoms with Crippen molar-refractivity contribution in [3.05, 3.63) is 80.5 Å². The quantitative estimate of drug-likeness (QED) is 0.223. The second-order valence-electron chi connectivity index (χ2n) is 6.43. The van der Waals surface area contributed by atoms with E-state index in [9.17, 15) is 9.59 Å². The molecule has 0 atom stereocenters. The molecule has 2 aromatic carbocycles. The fraction of sp³-hybridized carbons (Fsp3) is 0.0952. The van der Waals surface area contributed by atoms with Crippen molar-refractivity contribution < 1.29 is 8.83 Å². The molecule has 1 N–H and O–H groups in total. The number of nitrogens with zero attached hydrogens (tertiary/aromatic N) is 1. The van der Waals surface area contributed by atoms with Crippen molar-refractivity contribution in [3.63, 3.8) is 0 Å². The molecule has 0 saturated heterocycles. The number of aliphatic imine (C=N–C) groups is 1. The molecule has 0 amide bonds. The Balaban J connectivity index is 1.66. The van der Waals surface area contributed by atoms with E-state index in [1.54, 1.807) is 12.1 Å². The van der Waals surface area contributed by atoms with E-state index in [2.05, 4.69) is 26.3 Å². The molecule has 4 aromatic rings. The molecule has 139 valence electrons. The van der Waals surface area contributed by atoms with Crippen LogP contribution < -0.4 is 16.6 Å². The van der Waals surface area contributed by atoms with Crippen LogP contribution in [0.15, 0.2) is 71.9 Å². The molecule has 0 spiro atoms. The first-order valence-electron chi connectivity index (χ1n) is 8.51. The molecule has 28 heavy (non-hydrogen) atoms. The predicted octanol–water partition coefficient (Wildman–Crippen LogP) is 3.78. The second-order valence-corrected chi connectivity index (χ2v) is 7.24. The topological polar surface area (TPSA) is 84.8 Å². The first-order chi connectivity index (χ1) is 13.4. The molecule has 0 aliphatic carbocycles. The monoisotopic (exact) mass is 439 g/mol. The van der Waals surface area contributed by atoms with Gasteiger partial charge in [-0.15, -0.1) is 0 Å². The zero-order valence-corrected chi connectivity index (χ0v) is 16.8. The molecule has 2 heterocycles. The molecule has 0 aliphatic rings. The molecule has 0 unspecified atom stereocenters. The van der Waals surface area contributed by atoms with E-state index in [0.29, 0.717) is 21.6 Å². The van der Waals surface area contributed by atoms with E-state index >= 15 is 0 Å². The first-order valence-corrected chi connectivity index (χ1v) is 9.36. The van der Waals surface area contributed by atoms with E-state index in [0.717, 1.165) is 27.6 Å². The Bertz CT molecular complexity index is 1370. The van der Waals surface area contributed by atoms with Crippen LogP contribution in [0.2, 0.25) is 0 Å². The molecule has 4 rings (SSSR count). The number of hydrogen-bond acceptors (Lipinski definition) is 5. The molecular formula is C21H15N2O4Se. The summed E-state index contributed by atoms with van der Waals surface area (Å²) in [6.45, 7) is 3.73. The van der Waals surface area contributed by atoms with Crippen LogP contribution in [-0.4, -0.2) is 20.7 Å². The van der Waals surface area contributed by atoms with E-state index in [-0.39, 0.29) is 11.3 Å². The maximum atomic E-state index is 11.6. The fourth-order valence-corrected chi connectivity index (χ4v) is 3.52. The van der Waals surface area contributed by atoms with Crippen LogP contribution in [0.4, 0.5) is 11.4 Å². The van der Waals surface area contributed by atoms with Gasteiger partial charge in [0.2, 0.25) is 0 Å². The molecule has 2 aromatic heterocycles. The molecule has 6 nitrogen and oxygen atoms in total. The Kier molecular flexibility index (Phi) is 4.63. The molecule has 0 saturated carbocycles. The van der Waals surface area contributed by atoms with Crippen molar-refractivity contribution in [2.45, 2.75) is 13.8 Å². The van der Waals surface area contributed by atoms with Crippen LogP contribution in [0, 0.1) is 13.8 Å². The summed E-state index contributed by atoms with van der Waals surface area (Å²) in [5.41, 5.74) is 3.30. The predicted molar refractivity (Wildman–Crippen MR) is 111 cm³/mol. The SMILES string of the molecule is Cc1cc(=O)oc2cc(N=C([Se])Nc3ccc4c(C)cc(=O)oc4c3)ccc12. The zero-order chi connectivity index (χ0) is 19.8. The number of fused-ring (bicyclic) bond motifs is 2. The number of nitrogens with one attached hydrogen (secondary N) is 1. The van der Waals surface area contributed by atoms with Crippen molar-refractivity contribution in [1.29, 1.82) is 0 Å². The molecular weight excluding hydrogens is 423 g/mol. The Morgan fingerprint density at radius 2 is 1.43 bits per heavy atom. The minimum absolute atomic E-state index is 0.382. The number of rotatable bonds is 2. The summed E-state index contributed by atoms with van der Waals surface area (Å²) < 4.78 is 11.0. The summed E-state index contributed by atoms with van der Waals surface area (Å²) in [6.07, 6.45) is 0. The Morgan fingerprint density at radius 1 is 0.857 bits per heavy atom. The van der Waals surface area contributed by atoms with E-state index < -0.39 is 0 Å². The first kappa shape index (κ1) is 18.2. The number of amidine groups is 1. The average Bonchev–Trinajstić information content (AvgIpc) is 2.60. The van der Waals surface area contributed by atoms with Crippen molar-refractivity contribution in [1.82, 2.24) is 0 Å². The van der Waals surface area contributed by atoms with E-state index in [4.69, 9.17) is 8.83 Å². The minimum atomic E-state index is -0.388. The number of aryl methyl sites for hydroxylation is 2. The Labute approximate surface area is 167 Å². The Morgan fingerprint density at radius 3 is 2.07 bits per heavy atom. The van der Waals surface area contributed by atoms with Crippen LogP contribution in [0.1, 0.15) is 11.1 Å². The molecule has 0 bridgehead atoms. The normalized spacial score (nSPS) is 11.9. The third-order valence-electron chi connectivity index (χ3n) is 4.37. The van der Waals surface area contributed by atoms with Gasteiger partial charge < -0.3 is 0 Å². The number of anilines is 1. The summed E-state index contributed by atoms with van der Waals surface area (Å²) in [5, 5.41) is 4.88. The summed E-state index contributed by atoms with van der Waals surface area (Å²) in [6, 6.07) is 13.9.